The molecule has 0 aliphatic heterocycles. The number of hydrogen-bond donors (Lipinski definition) is 3. The van der Waals surface area contributed by atoms with E-state index in [4.69, 9.17) is 5.73 Å². The van der Waals surface area contributed by atoms with E-state index in [9.17, 15) is 26.4 Å². The molecule has 0 saturated heterocycles. The number of sulfonamides is 1. The van der Waals surface area contributed by atoms with Gasteiger partial charge in [-0.05, 0) is 42.5 Å². The van der Waals surface area contributed by atoms with Crippen molar-refractivity contribution in [2.75, 3.05) is 10.0 Å². The van der Waals surface area contributed by atoms with Crippen molar-refractivity contribution < 1.29 is 26.4 Å². The number of hydrogen-bond acceptors (Lipinski definition) is 3. The number of benzene rings is 2. The van der Waals surface area contributed by atoms with E-state index in [1.807, 2.05) is 0 Å². The van der Waals surface area contributed by atoms with E-state index in [-0.39, 0.29) is 5.69 Å². The third-order valence-electron chi connectivity index (χ3n) is 2.88. The molecule has 0 radical (unpaired) electrons. The van der Waals surface area contributed by atoms with Gasteiger partial charge in [-0.25, -0.2) is 13.2 Å². The van der Waals surface area contributed by atoms with Crippen LogP contribution in [0.25, 0.3) is 0 Å². The van der Waals surface area contributed by atoms with Crippen LogP contribution >= 0.6 is 0 Å². The summed E-state index contributed by atoms with van der Waals surface area (Å²) in [5.74, 6) is 0. The largest absolute Gasteiger partial charge is 0.416 e. The molecule has 0 aromatic heterocycles. The zero-order chi connectivity index (χ0) is 18.0. The zero-order valence-electron chi connectivity index (χ0n) is 12.0. The van der Waals surface area contributed by atoms with Crippen molar-refractivity contribution in [3.63, 3.8) is 0 Å². The lowest BCUT2D eigenvalue weighted by atomic mass is 10.2. The highest BCUT2D eigenvalue weighted by atomic mass is 32.2. The van der Waals surface area contributed by atoms with Crippen LogP contribution in [0.3, 0.4) is 0 Å². The average Bonchev–Trinajstić information content (AvgIpc) is 2.48. The van der Waals surface area contributed by atoms with Gasteiger partial charge >= 0.3 is 12.2 Å². The second kappa shape index (κ2) is 6.40. The molecule has 0 unspecified atom stereocenters. The summed E-state index contributed by atoms with van der Waals surface area (Å²) in [7, 11) is -4.19. The fourth-order valence-corrected chi connectivity index (χ4v) is 2.92. The molecule has 2 amide bonds. The Bertz CT molecular complexity index is 850. The summed E-state index contributed by atoms with van der Waals surface area (Å²) in [4.78, 5) is 10.2. The fraction of sp³-hybridized carbons (Fsp3) is 0.0714. The van der Waals surface area contributed by atoms with Gasteiger partial charge in [0.1, 0.15) is 0 Å². The van der Waals surface area contributed by atoms with E-state index >= 15 is 0 Å². The molecule has 0 fully saturated rings. The number of carbonyl (C=O) groups excluding carboxylic acids is 1. The van der Waals surface area contributed by atoms with E-state index in [0.29, 0.717) is 11.8 Å². The molecule has 0 aliphatic rings. The van der Waals surface area contributed by atoms with Crippen LogP contribution in [-0.4, -0.2) is 14.4 Å². The summed E-state index contributed by atoms with van der Waals surface area (Å²) < 4.78 is 64.5. The molecule has 0 bridgehead atoms. The number of amides is 2. The van der Waals surface area contributed by atoms with Gasteiger partial charge in [0.25, 0.3) is 10.0 Å². The third-order valence-corrected chi connectivity index (χ3v) is 4.26. The van der Waals surface area contributed by atoms with Crippen LogP contribution in [0.5, 0.6) is 0 Å². The minimum atomic E-state index is -4.65. The summed E-state index contributed by atoms with van der Waals surface area (Å²) in [6, 6.07) is 8.04. The van der Waals surface area contributed by atoms with Crippen LogP contribution in [0.2, 0.25) is 0 Å². The molecule has 2 rings (SSSR count). The van der Waals surface area contributed by atoms with Crippen molar-refractivity contribution >= 4 is 27.4 Å². The van der Waals surface area contributed by atoms with Gasteiger partial charge in [0.15, 0.2) is 0 Å². The molecule has 0 atom stereocenters. The Morgan fingerprint density at radius 3 is 2.12 bits per heavy atom. The van der Waals surface area contributed by atoms with Crippen LogP contribution < -0.4 is 15.8 Å². The number of anilines is 2. The SMILES string of the molecule is NC(=O)Nc1ccc(NS(=O)(=O)c2cccc(C(F)(F)F)c2)cc1. The third kappa shape index (κ3) is 4.38. The van der Waals surface area contributed by atoms with Gasteiger partial charge in [0.2, 0.25) is 0 Å². The number of rotatable bonds is 4. The number of halogens is 3. The number of primary amides is 1. The van der Waals surface area contributed by atoms with Gasteiger partial charge in [0, 0.05) is 11.4 Å². The lowest BCUT2D eigenvalue weighted by Crippen LogP contribution is -2.19. The summed E-state index contributed by atoms with van der Waals surface area (Å²) in [6.45, 7) is 0. The Labute approximate surface area is 135 Å². The first kappa shape index (κ1) is 17.6. The Hall–Kier alpha value is -2.75. The Morgan fingerprint density at radius 1 is 1.00 bits per heavy atom. The Morgan fingerprint density at radius 2 is 1.58 bits per heavy atom. The molecule has 10 heteroatoms. The summed E-state index contributed by atoms with van der Waals surface area (Å²) in [5.41, 5.74) is 4.32. The van der Waals surface area contributed by atoms with Crippen molar-refractivity contribution in [1.82, 2.24) is 0 Å². The second-order valence-electron chi connectivity index (χ2n) is 4.70. The maximum absolute atomic E-state index is 12.7. The van der Waals surface area contributed by atoms with Crippen LogP contribution in [0.1, 0.15) is 5.56 Å². The first-order valence-corrected chi connectivity index (χ1v) is 7.93. The molecule has 2 aromatic carbocycles. The Balaban J connectivity index is 2.24. The summed E-state index contributed by atoms with van der Waals surface area (Å²) in [6.07, 6.45) is -4.65. The highest BCUT2D eigenvalue weighted by Gasteiger charge is 2.31. The van der Waals surface area contributed by atoms with Crippen LogP contribution in [0.15, 0.2) is 53.4 Å². The highest BCUT2D eigenvalue weighted by molar-refractivity contribution is 7.92. The van der Waals surface area contributed by atoms with Gasteiger partial charge in [-0.15, -0.1) is 0 Å². The number of urea groups is 1. The van der Waals surface area contributed by atoms with Crippen LogP contribution in [0.4, 0.5) is 29.3 Å². The maximum Gasteiger partial charge on any atom is 0.416 e. The molecule has 0 heterocycles. The van der Waals surface area contributed by atoms with Gasteiger partial charge < -0.3 is 11.1 Å². The minimum Gasteiger partial charge on any atom is -0.351 e. The van der Waals surface area contributed by atoms with Crippen molar-refractivity contribution in [1.29, 1.82) is 0 Å². The fourth-order valence-electron chi connectivity index (χ4n) is 1.82. The predicted molar refractivity (Wildman–Crippen MR) is 81.9 cm³/mol. The van der Waals surface area contributed by atoms with Crippen molar-refractivity contribution in [2.45, 2.75) is 11.1 Å². The first-order chi connectivity index (χ1) is 11.1. The van der Waals surface area contributed by atoms with E-state index < -0.39 is 32.7 Å². The van der Waals surface area contributed by atoms with Crippen LogP contribution in [-0.2, 0) is 16.2 Å². The van der Waals surface area contributed by atoms with E-state index in [1.54, 1.807) is 0 Å². The number of nitrogens with two attached hydrogens (primary N) is 1. The smallest absolute Gasteiger partial charge is 0.351 e. The molecule has 0 saturated carbocycles. The van der Waals surface area contributed by atoms with Gasteiger partial charge in [-0.2, -0.15) is 13.2 Å². The minimum absolute atomic E-state index is 0.113. The van der Waals surface area contributed by atoms with Gasteiger partial charge in [-0.1, -0.05) is 6.07 Å². The van der Waals surface area contributed by atoms with Gasteiger partial charge in [-0.3, -0.25) is 4.72 Å². The summed E-state index contributed by atoms with van der Waals surface area (Å²) >= 11 is 0. The quantitative estimate of drug-likeness (QED) is 0.782. The number of alkyl halides is 3. The topological polar surface area (TPSA) is 101 Å². The predicted octanol–water partition coefficient (Wildman–Crippen LogP) is 3.00. The molecule has 2 aromatic rings. The molecule has 6 nitrogen and oxygen atoms in total. The maximum atomic E-state index is 12.7. The van der Waals surface area contributed by atoms with E-state index in [2.05, 4.69) is 10.0 Å². The lowest BCUT2D eigenvalue weighted by molar-refractivity contribution is -0.137. The highest BCUT2D eigenvalue weighted by Crippen LogP contribution is 2.30. The molecule has 0 aliphatic carbocycles. The number of nitrogens with one attached hydrogen (secondary N) is 2. The molecule has 128 valence electrons. The normalized spacial score (nSPS) is 11.8. The van der Waals surface area contributed by atoms with Crippen molar-refractivity contribution in [2.24, 2.45) is 5.73 Å². The lowest BCUT2D eigenvalue weighted by Gasteiger charge is -2.11. The molecular weight excluding hydrogens is 347 g/mol. The van der Waals surface area contributed by atoms with Gasteiger partial charge in [0.05, 0.1) is 10.5 Å². The van der Waals surface area contributed by atoms with E-state index in [1.165, 1.54) is 24.3 Å². The van der Waals surface area contributed by atoms with E-state index in [0.717, 1.165) is 18.2 Å². The first-order valence-electron chi connectivity index (χ1n) is 6.44. The molecule has 0 spiro atoms. The monoisotopic (exact) mass is 359 g/mol. The second-order valence-corrected chi connectivity index (χ2v) is 6.38. The molecular formula is C14H12F3N3O3S. The molecule has 4 N–H and O–H groups in total. The molecule has 24 heavy (non-hydrogen) atoms. The van der Waals surface area contributed by atoms with Crippen molar-refractivity contribution in [3.05, 3.63) is 54.1 Å². The number of carbonyl (C=O) groups is 1. The van der Waals surface area contributed by atoms with Crippen molar-refractivity contribution in [3.8, 4) is 0 Å². The standard InChI is InChI=1S/C14H12F3N3O3S/c15-14(16,17)9-2-1-3-12(8-9)24(22,23)20-11-6-4-10(5-7-11)19-13(18)21/h1-8,20H,(H3,18,19,21). The summed E-state index contributed by atoms with van der Waals surface area (Å²) in [5, 5.41) is 2.29. The Kier molecular flexibility index (Phi) is 4.69. The van der Waals surface area contributed by atoms with Crippen LogP contribution in [0, 0.1) is 0 Å². The zero-order valence-corrected chi connectivity index (χ0v) is 12.8. The average molecular weight is 359 g/mol.